The normalized spacial score (nSPS) is 10.2. The highest BCUT2D eigenvalue weighted by Gasteiger charge is 2.18. The number of carbonyl (C=O) groups excluding carboxylic acids is 2. The van der Waals surface area contributed by atoms with Gasteiger partial charge in [-0.3, -0.25) is 9.59 Å². The fraction of sp³-hybridized carbons (Fsp3) is 0.333. The highest BCUT2D eigenvalue weighted by molar-refractivity contribution is 6.36. The summed E-state index contributed by atoms with van der Waals surface area (Å²) in [5.41, 5.74) is 1.51. The highest BCUT2D eigenvalue weighted by Crippen LogP contribution is 2.25. The molecule has 1 heterocycles. The van der Waals surface area contributed by atoms with E-state index in [1.165, 1.54) is 6.92 Å². The van der Waals surface area contributed by atoms with E-state index in [4.69, 9.17) is 11.6 Å². The van der Waals surface area contributed by atoms with E-state index < -0.39 is 0 Å². The summed E-state index contributed by atoms with van der Waals surface area (Å²) in [6.45, 7) is 3.19. The standard InChI is InChI=1S/C9H10ClNO2/c1-5-8(6(2)13)9(10)7(4-12)11(5)3/h4H,1-3H3. The maximum Gasteiger partial charge on any atom is 0.168 e. The summed E-state index contributed by atoms with van der Waals surface area (Å²) < 4.78 is 1.62. The molecule has 3 nitrogen and oxygen atoms in total. The Labute approximate surface area is 81.3 Å². The number of carbonyl (C=O) groups is 2. The van der Waals surface area contributed by atoms with Gasteiger partial charge in [0.25, 0.3) is 0 Å². The summed E-state index contributed by atoms with van der Waals surface area (Å²) in [6.07, 6.45) is 0.655. The smallest absolute Gasteiger partial charge is 0.168 e. The van der Waals surface area contributed by atoms with Crippen LogP contribution < -0.4 is 0 Å². The number of hydrogen-bond donors (Lipinski definition) is 0. The van der Waals surface area contributed by atoms with E-state index in [0.29, 0.717) is 17.5 Å². The molecule has 0 N–H and O–H groups in total. The fourth-order valence-corrected chi connectivity index (χ4v) is 1.76. The molecule has 0 saturated heterocycles. The first-order chi connectivity index (χ1) is 6.00. The Morgan fingerprint density at radius 1 is 1.54 bits per heavy atom. The minimum atomic E-state index is -0.119. The summed E-state index contributed by atoms with van der Waals surface area (Å²) >= 11 is 5.86. The average Bonchev–Trinajstić information content (AvgIpc) is 2.24. The third kappa shape index (κ3) is 1.40. The van der Waals surface area contributed by atoms with Crippen molar-refractivity contribution in [2.45, 2.75) is 13.8 Å². The van der Waals surface area contributed by atoms with Crippen molar-refractivity contribution >= 4 is 23.7 Å². The first-order valence-corrected chi connectivity index (χ1v) is 4.19. The number of nitrogens with zero attached hydrogens (tertiary/aromatic N) is 1. The number of Topliss-reactive ketones (excluding diaryl/α,β-unsaturated/α-hetero) is 1. The lowest BCUT2D eigenvalue weighted by atomic mass is 10.2. The van der Waals surface area contributed by atoms with E-state index in [2.05, 4.69) is 0 Å². The van der Waals surface area contributed by atoms with Crippen LogP contribution >= 0.6 is 11.6 Å². The minimum Gasteiger partial charge on any atom is -0.344 e. The van der Waals surface area contributed by atoms with Crippen LogP contribution in [0.5, 0.6) is 0 Å². The van der Waals surface area contributed by atoms with Gasteiger partial charge in [0.15, 0.2) is 12.1 Å². The second kappa shape index (κ2) is 3.34. The molecule has 0 atom stereocenters. The largest absolute Gasteiger partial charge is 0.344 e. The molecule has 4 heteroatoms. The summed E-state index contributed by atoms with van der Waals surface area (Å²) in [6, 6.07) is 0. The second-order valence-corrected chi connectivity index (χ2v) is 3.27. The van der Waals surface area contributed by atoms with Crippen molar-refractivity contribution in [3.63, 3.8) is 0 Å². The first kappa shape index (κ1) is 9.99. The van der Waals surface area contributed by atoms with Crippen molar-refractivity contribution in [3.05, 3.63) is 22.0 Å². The predicted molar refractivity (Wildman–Crippen MR) is 50.6 cm³/mol. The van der Waals surface area contributed by atoms with Gasteiger partial charge < -0.3 is 4.57 Å². The maximum absolute atomic E-state index is 11.2. The Hall–Kier alpha value is -1.09. The fourth-order valence-electron chi connectivity index (χ4n) is 1.32. The van der Waals surface area contributed by atoms with Crippen LogP contribution in [0.25, 0.3) is 0 Å². The van der Waals surface area contributed by atoms with Gasteiger partial charge in [-0.05, 0) is 13.8 Å². The molecule has 13 heavy (non-hydrogen) atoms. The van der Waals surface area contributed by atoms with Gasteiger partial charge in [0.1, 0.15) is 5.69 Å². The number of hydrogen-bond acceptors (Lipinski definition) is 2. The van der Waals surface area contributed by atoms with E-state index in [0.717, 1.165) is 5.69 Å². The van der Waals surface area contributed by atoms with Crippen LogP contribution in [0, 0.1) is 6.92 Å². The van der Waals surface area contributed by atoms with Gasteiger partial charge in [0.2, 0.25) is 0 Å². The quantitative estimate of drug-likeness (QED) is 0.540. The Morgan fingerprint density at radius 2 is 2.08 bits per heavy atom. The molecule has 1 aromatic rings. The molecule has 0 amide bonds. The SMILES string of the molecule is CC(=O)c1c(Cl)c(C=O)n(C)c1C. The molecule has 0 aliphatic heterocycles. The number of aromatic nitrogens is 1. The molecule has 0 radical (unpaired) electrons. The molecule has 70 valence electrons. The third-order valence-corrected chi connectivity index (χ3v) is 2.52. The number of rotatable bonds is 2. The van der Waals surface area contributed by atoms with Crippen molar-refractivity contribution < 1.29 is 9.59 Å². The van der Waals surface area contributed by atoms with E-state index in [-0.39, 0.29) is 10.8 Å². The highest BCUT2D eigenvalue weighted by atomic mass is 35.5. The summed E-state index contributed by atoms with van der Waals surface area (Å²) in [5, 5.41) is 0.252. The monoisotopic (exact) mass is 199 g/mol. The lowest BCUT2D eigenvalue weighted by molar-refractivity contribution is 0.101. The maximum atomic E-state index is 11.2. The van der Waals surface area contributed by atoms with E-state index in [1.807, 2.05) is 0 Å². The summed E-state index contributed by atoms with van der Waals surface area (Å²) in [4.78, 5) is 21.8. The molecule has 0 aliphatic carbocycles. The Balaban J connectivity index is 3.54. The van der Waals surface area contributed by atoms with Crippen LogP contribution in [0.3, 0.4) is 0 Å². The van der Waals surface area contributed by atoms with Gasteiger partial charge >= 0.3 is 0 Å². The van der Waals surface area contributed by atoms with Crippen LogP contribution in [0.2, 0.25) is 5.02 Å². The number of aldehydes is 1. The van der Waals surface area contributed by atoms with E-state index in [1.54, 1.807) is 18.5 Å². The molecule has 0 spiro atoms. The summed E-state index contributed by atoms with van der Waals surface area (Å²) in [5.74, 6) is -0.119. The van der Waals surface area contributed by atoms with Crippen molar-refractivity contribution in [2.75, 3.05) is 0 Å². The molecule has 0 fully saturated rings. The van der Waals surface area contributed by atoms with Gasteiger partial charge in [0, 0.05) is 12.7 Å². The van der Waals surface area contributed by atoms with Crippen molar-refractivity contribution in [1.82, 2.24) is 4.57 Å². The molecule has 1 aromatic heterocycles. The van der Waals surface area contributed by atoms with E-state index >= 15 is 0 Å². The topological polar surface area (TPSA) is 39.1 Å². The number of ketones is 1. The van der Waals surface area contributed by atoms with Gasteiger partial charge in [-0.2, -0.15) is 0 Å². The van der Waals surface area contributed by atoms with Gasteiger partial charge in [-0.1, -0.05) is 11.6 Å². The van der Waals surface area contributed by atoms with Crippen molar-refractivity contribution in [1.29, 1.82) is 0 Å². The molecule has 0 aromatic carbocycles. The molecule has 0 bridgehead atoms. The van der Waals surface area contributed by atoms with Crippen LogP contribution in [0.1, 0.15) is 33.5 Å². The second-order valence-electron chi connectivity index (χ2n) is 2.89. The molecule has 0 saturated carbocycles. The molecule has 0 aliphatic rings. The molecular formula is C9H10ClNO2. The van der Waals surface area contributed by atoms with Gasteiger partial charge in [-0.25, -0.2) is 0 Å². The van der Waals surface area contributed by atoms with Crippen LogP contribution in [0.15, 0.2) is 0 Å². The minimum absolute atomic E-state index is 0.119. The van der Waals surface area contributed by atoms with Crippen molar-refractivity contribution in [2.24, 2.45) is 7.05 Å². The zero-order valence-electron chi connectivity index (χ0n) is 7.72. The lowest BCUT2D eigenvalue weighted by Gasteiger charge is -1.97. The lowest BCUT2D eigenvalue weighted by Crippen LogP contribution is -1.98. The Morgan fingerprint density at radius 3 is 2.31 bits per heavy atom. The molecular weight excluding hydrogens is 190 g/mol. The summed E-state index contributed by atoms with van der Waals surface area (Å²) in [7, 11) is 1.71. The zero-order valence-corrected chi connectivity index (χ0v) is 8.47. The van der Waals surface area contributed by atoms with Crippen molar-refractivity contribution in [3.8, 4) is 0 Å². The van der Waals surface area contributed by atoms with Gasteiger partial charge in [-0.15, -0.1) is 0 Å². The molecule has 1 rings (SSSR count). The van der Waals surface area contributed by atoms with E-state index in [9.17, 15) is 9.59 Å². The van der Waals surface area contributed by atoms with Crippen LogP contribution in [0.4, 0.5) is 0 Å². The predicted octanol–water partition coefficient (Wildman–Crippen LogP) is 2.00. The number of halogens is 1. The third-order valence-electron chi connectivity index (χ3n) is 2.13. The average molecular weight is 200 g/mol. The van der Waals surface area contributed by atoms with Crippen LogP contribution in [-0.2, 0) is 7.05 Å². The Kier molecular flexibility index (Phi) is 2.57. The van der Waals surface area contributed by atoms with Crippen LogP contribution in [-0.4, -0.2) is 16.6 Å². The van der Waals surface area contributed by atoms with Gasteiger partial charge in [0.05, 0.1) is 10.6 Å². The zero-order chi connectivity index (χ0) is 10.2. The molecule has 0 unspecified atom stereocenters. The Bertz CT molecular complexity index is 379. The first-order valence-electron chi connectivity index (χ1n) is 3.81.